The fourth-order valence-electron chi connectivity index (χ4n) is 3.47. The van der Waals surface area contributed by atoms with Crippen LogP contribution in [0.15, 0.2) is 29.2 Å². The summed E-state index contributed by atoms with van der Waals surface area (Å²) >= 11 is 1.40. The van der Waals surface area contributed by atoms with E-state index in [2.05, 4.69) is 10.2 Å². The summed E-state index contributed by atoms with van der Waals surface area (Å²) in [4.78, 5) is 15.2. The van der Waals surface area contributed by atoms with Gasteiger partial charge in [0.25, 0.3) is 0 Å². The predicted molar refractivity (Wildman–Crippen MR) is 98.3 cm³/mol. The number of carbonyl (C=O) groups is 1. The molecule has 2 fully saturated rings. The van der Waals surface area contributed by atoms with Gasteiger partial charge in [-0.15, -0.1) is 11.8 Å². The van der Waals surface area contributed by atoms with E-state index in [1.807, 2.05) is 6.07 Å². The standard InChI is InChI=1S/C19H27FN2O2S/c20-17-3-1-2-4-18(17)25-12-8-19(23)21-16-5-9-22(10-6-16)13-15-7-11-24-14-15/h1-4,15-16H,5-14H2,(H,21,23). The van der Waals surface area contributed by atoms with E-state index in [1.165, 1.54) is 24.2 Å². The highest BCUT2D eigenvalue weighted by Crippen LogP contribution is 2.22. The van der Waals surface area contributed by atoms with Crippen LogP contribution in [0.4, 0.5) is 4.39 Å². The van der Waals surface area contributed by atoms with Gasteiger partial charge < -0.3 is 15.0 Å². The number of piperidine rings is 1. The third kappa shape index (κ3) is 5.97. The van der Waals surface area contributed by atoms with Crippen molar-refractivity contribution < 1.29 is 13.9 Å². The smallest absolute Gasteiger partial charge is 0.221 e. The predicted octanol–water partition coefficient (Wildman–Crippen LogP) is 2.93. The molecule has 1 aromatic rings. The van der Waals surface area contributed by atoms with Gasteiger partial charge in [0.1, 0.15) is 5.82 Å². The van der Waals surface area contributed by atoms with Crippen molar-refractivity contribution in [2.24, 2.45) is 5.92 Å². The van der Waals surface area contributed by atoms with Crippen molar-refractivity contribution in [3.8, 4) is 0 Å². The molecule has 0 aromatic heterocycles. The quantitative estimate of drug-likeness (QED) is 0.754. The molecule has 0 saturated carbocycles. The molecule has 138 valence electrons. The number of ether oxygens (including phenoxy) is 1. The Labute approximate surface area is 153 Å². The second-order valence-corrected chi connectivity index (χ2v) is 8.04. The largest absolute Gasteiger partial charge is 0.381 e. The normalized spacial score (nSPS) is 22.2. The summed E-state index contributed by atoms with van der Waals surface area (Å²) < 4.78 is 19.0. The number of nitrogens with zero attached hydrogens (tertiary/aromatic N) is 1. The molecule has 25 heavy (non-hydrogen) atoms. The Morgan fingerprint density at radius 3 is 2.80 bits per heavy atom. The van der Waals surface area contributed by atoms with Crippen LogP contribution in [0.1, 0.15) is 25.7 Å². The summed E-state index contributed by atoms with van der Waals surface area (Å²) in [6.45, 7) is 5.02. The summed E-state index contributed by atoms with van der Waals surface area (Å²) in [6, 6.07) is 6.98. The van der Waals surface area contributed by atoms with Crippen LogP contribution in [0.3, 0.4) is 0 Å². The number of carbonyl (C=O) groups excluding carboxylic acids is 1. The molecular weight excluding hydrogens is 339 g/mol. The molecule has 1 aromatic carbocycles. The lowest BCUT2D eigenvalue weighted by Crippen LogP contribution is -2.45. The maximum Gasteiger partial charge on any atom is 0.221 e. The second kappa shape index (κ2) is 9.55. The van der Waals surface area contributed by atoms with Gasteiger partial charge in [0.05, 0.1) is 6.61 Å². The highest BCUT2D eigenvalue weighted by Gasteiger charge is 2.24. The molecule has 4 nitrogen and oxygen atoms in total. The van der Waals surface area contributed by atoms with Gasteiger partial charge in [-0.05, 0) is 37.3 Å². The van der Waals surface area contributed by atoms with Gasteiger partial charge >= 0.3 is 0 Å². The summed E-state index contributed by atoms with van der Waals surface area (Å²) in [5, 5.41) is 3.14. The number of hydrogen-bond acceptors (Lipinski definition) is 4. The summed E-state index contributed by atoms with van der Waals surface area (Å²) in [5.74, 6) is 1.15. The van der Waals surface area contributed by atoms with Gasteiger partial charge in [-0.1, -0.05) is 12.1 Å². The minimum absolute atomic E-state index is 0.0754. The van der Waals surface area contributed by atoms with Gasteiger partial charge in [-0.25, -0.2) is 4.39 Å². The molecule has 0 bridgehead atoms. The molecule has 2 aliphatic heterocycles. The molecule has 1 amide bonds. The van der Waals surface area contributed by atoms with Crippen LogP contribution in [0, 0.1) is 11.7 Å². The number of benzene rings is 1. The van der Waals surface area contributed by atoms with Gasteiger partial charge in [-0.3, -0.25) is 4.79 Å². The Balaban J connectivity index is 1.30. The second-order valence-electron chi connectivity index (χ2n) is 6.90. The number of likely N-dealkylation sites (tertiary alicyclic amines) is 1. The summed E-state index contributed by atoms with van der Waals surface area (Å²) in [7, 11) is 0. The maximum absolute atomic E-state index is 13.5. The zero-order valence-electron chi connectivity index (χ0n) is 14.6. The third-order valence-corrected chi connectivity index (χ3v) is 5.97. The minimum atomic E-state index is -0.215. The molecule has 1 N–H and O–H groups in total. The van der Waals surface area contributed by atoms with E-state index < -0.39 is 0 Å². The van der Waals surface area contributed by atoms with E-state index in [0.29, 0.717) is 23.0 Å². The van der Waals surface area contributed by atoms with Crippen molar-refractivity contribution in [2.45, 2.75) is 36.6 Å². The van der Waals surface area contributed by atoms with Crippen molar-refractivity contribution >= 4 is 17.7 Å². The van der Waals surface area contributed by atoms with Crippen LogP contribution in [-0.2, 0) is 9.53 Å². The van der Waals surface area contributed by atoms with Crippen molar-refractivity contribution in [3.05, 3.63) is 30.1 Å². The fourth-order valence-corrected chi connectivity index (χ4v) is 4.36. The van der Waals surface area contributed by atoms with E-state index in [4.69, 9.17) is 4.74 Å². The van der Waals surface area contributed by atoms with Crippen LogP contribution in [0.5, 0.6) is 0 Å². The first-order valence-corrected chi connectivity index (χ1v) is 10.2. The molecule has 0 radical (unpaired) electrons. The molecule has 3 rings (SSSR count). The van der Waals surface area contributed by atoms with Crippen molar-refractivity contribution in [1.82, 2.24) is 10.2 Å². The number of halogens is 1. The average molecular weight is 367 g/mol. The van der Waals surface area contributed by atoms with Crippen LogP contribution in [0.2, 0.25) is 0 Å². The average Bonchev–Trinajstić information content (AvgIpc) is 3.11. The van der Waals surface area contributed by atoms with Gasteiger partial charge in [0, 0.05) is 49.4 Å². The lowest BCUT2D eigenvalue weighted by atomic mass is 10.0. The molecule has 0 aliphatic carbocycles. The van der Waals surface area contributed by atoms with E-state index in [0.717, 1.165) is 45.7 Å². The topological polar surface area (TPSA) is 41.6 Å². The molecule has 6 heteroatoms. The highest BCUT2D eigenvalue weighted by atomic mass is 32.2. The first kappa shape index (κ1) is 18.7. The number of rotatable bonds is 7. The van der Waals surface area contributed by atoms with Gasteiger partial charge in [-0.2, -0.15) is 0 Å². The van der Waals surface area contributed by atoms with E-state index in [-0.39, 0.29) is 17.8 Å². The van der Waals surface area contributed by atoms with Gasteiger partial charge in [0.2, 0.25) is 5.91 Å². The number of nitrogens with one attached hydrogen (secondary N) is 1. The molecule has 2 aliphatic rings. The fraction of sp³-hybridized carbons (Fsp3) is 0.632. The lowest BCUT2D eigenvalue weighted by Gasteiger charge is -2.33. The number of hydrogen-bond donors (Lipinski definition) is 1. The minimum Gasteiger partial charge on any atom is -0.381 e. The van der Waals surface area contributed by atoms with Crippen LogP contribution < -0.4 is 5.32 Å². The van der Waals surface area contributed by atoms with Crippen LogP contribution >= 0.6 is 11.8 Å². The molecule has 0 spiro atoms. The van der Waals surface area contributed by atoms with E-state index in [1.54, 1.807) is 12.1 Å². The third-order valence-electron chi connectivity index (χ3n) is 4.92. The van der Waals surface area contributed by atoms with Crippen molar-refractivity contribution in [3.63, 3.8) is 0 Å². The molecule has 2 heterocycles. The SMILES string of the molecule is O=C(CCSc1ccccc1F)NC1CCN(CC2CCOC2)CC1. The van der Waals surface area contributed by atoms with Gasteiger partial charge in [0.15, 0.2) is 0 Å². The van der Waals surface area contributed by atoms with E-state index in [9.17, 15) is 9.18 Å². The Hall–Kier alpha value is -1.11. The Morgan fingerprint density at radius 2 is 2.08 bits per heavy atom. The molecule has 1 unspecified atom stereocenters. The van der Waals surface area contributed by atoms with E-state index >= 15 is 0 Å². The lowest BCUT2D eigenvalue weighted by molar-refractivity contribution is -0.121. The highest BCUT2D eigenvalue weighted by molar-refractivity contribution is 7.99. The Bertz CT molecular complexity index is 558. The maximum atomic E-state index is 13.5. The van der Waals surface area contributed by atoms with Crippen LogP contribution in [-0.4, -0.2) is 55.4 Å². The monoisotopic (exact) mass is 366 g/mol. The first-order valence-electron chi connectivity index (χ1n) is 9.17. The zero-order valence-corrected chi connectivity index (χ0v) is 15.4. The molecular formula is C19H27FN2O2S. The summed E-state index contributed by atoms with van der Waals surface area (Å²) in [6.07, 6.45) is 3.63. The molecule has 2 saturated heterocycles. The number of amides is 1. The Kier molecular flexibility index (Phi) is 7.13. The molecule has 1 atom stereocenters. The van der Waals surface area contributed by atoms with Crippen molar-refractivity contribution in [1.29, 1.82) is 0 Å². The van der Waals surface area contributed by atoms with Crippen molar-refractivity contribution in [2.75, 3.05) is 38.6 Å². The van der Waals surface area contributed by atoms with Crippen LogP contribution in [0.25, 0.3) is 0 Å². The first-order chi connectivity index (χ1) is 12.2. The summed E-state index contributed by atoms with van der Waals surface area (Å²) in [5.41, 5.74) is 0. The number of thioether (sulfide) groups is 1. The zero-order chi connectivity index (χ0) is 17.5. The Morgan fingerprint density at radius 1 is 1.28 bits per heavy atom.